The summed E-state index contributed by atoms with van der Waals surface area (Å²) in [5, 5.41) is 15.2. The van der Waals surface area contributed by atoms with E-state index >= 15 is 0 Å². The smallest absolute Gasteiger partial charge is 0.317 e. The first-order valence-corrected chi connectivity index (χ1v) is 13.6. The Labute approximate surface area is 218 Å². The van der Waals surface area contributed by atoms with E-state index in [1.54, 1.807) is 0 Å². The highest BCUT2D eigenvalue weighted by Gasteiger charge is 2.47. The zero-order chi connectivity index (χ0) is 25.9. The third-order valence-corrected chi connectivity index (χ3v) is 8.80. The zero-order valence-corrected chi connectivity index (χ0v) is 22.5. The van der Waals surface area contributed by atoms with Gasteiger partial charge in [0.2, 0.25) is 0 Å². The first kappa shape index (κ1) is 23.9. The van der Waals surface area contributed by atoms with Crippen LogP contribution in [0.3, 0.4) is 0 Å². The van der Waals surface area contributed by atoms with Crippen LogP contribution < -0.4 is 15.9 Å². The number of hydrogen-bond donors (Lipinski definition) is 1. The van der Waals surface area contributed by atoms with Gasteiger partial charge in [-0.3, -0.25) is 14.4 Å². The van der Waals surface area contributed by atoms with Crippen LogP contribution in [0.15, 0.2) is 35.3 Å². The predicted octanol–water partition coefficient (Wildman–Crippen LogP) is 3.12. The molecule has 8 heteroatoms. The van der Waals surface area contributed by atoms with E-state index < -0.39 is 0 Å². The number of nitrogens with one attached hydrogen (secondary N) is 1. The van der Waals surface area contributed by atoms with E-state index in [1.165, 1.54) is 10.9 Å². The van der Waals surface area contributed by atoms with Gasteiger partial charge in [-0.25, -0.2) is 4.79 Å². The van der Waals surface area contributed by atoms with E-state index in [1.807, 2.05) is 22.6 Å². The van der Waals surface area contributed by atoms with Gasteiger partial charge in [0.15, 0.2) is 0 Å². The molecule has 3 aliphatic rings. The molecule has 1 saturated heterocycles. The summed E-state index contributed by atoms with van der Waals surface area (Å²) in [6, 6.07) is 10.7. The van der Waals surface area contributed by atoms with Crippen LogP contribution in [0.4, 0.5) is 4.79 Å². The Morgan fingerprint density at radius 3 is 2.76 bits per heavy atom. The number of likely N-dealkylation sites (tertiary alicyclic amines) is 1. The first-order valence-electron chi connectivity index (χ1n) is 13.6. The van der Waals surface area contributed by atoms with Crippen LogP contribution in [0, 0.1) is 13.8 Å². The van der Waals surface area contributed by atoms with Gasteiger partial charge in [0, 0.05) is 54.5 Å². The minimum Gasteiger partial charge on any atom is -0.331 e. The van der Waals surface area contributed by atoms with E-state index in [0.717, 1.165) is 67.0 Å². The molecule has 1 spiro atoms. The number of fused-ring (bicyclic) bond motifs is 3. The third-order valence-electron chi connectivity index (χ3n) is 8.80. The standard InChI is InChI=1S/C29H37N7O/c1-6-35-21(5)27(20(4)32-35)19(3)31-28(37)34-13-11-29(17-34)12-14-36-26(29)16-25(33-36)23-15-22-9-7-8-10-24(22)30-18(23)2/h7-10,15-16,18-19,23H,6,11-14,17H2,1-5H3,(H,31,37). The molecule has 4 unspecified atom stereocenters. The van der Waals surface area contributed by atoms with Gasteiger partial charge in [-0.1, -0.05) is 24.3 Å². The van der Waals surface area contributed by atoms with Gasteiger partial charge in [0.1, 0.15) is 0 Å². The Hall–Kier alpha value is -3.42. The van der Waals surface area contributed by atoms with E-state index in [0.29, 0.717) is 0 Å². The fourth-order valence-corrected chi connectivity index (χ4v) is 6.81. The van der Waals surface area contributed by atoms with Crippen molar-refractivity contribution in [2.24, 2.45) is 4.99 Å². The lowest BCUT2D eigenvalue weighted by Crippen LogP contribution is -2.41. The molecule has 0 bridgehead atoms. The van der Waals surface area contributed by atoms with Crippen molar-refractivity contribution >= 4 is 12.1 Å². The van der Waals surface area contributed by atoms with Crippen LogP contribution >= 0.6 is 0 Å². The molecule has 37 heavy (non-hydrogen) atoms. The molecular weight excluding hydrogens is 462 g/mol. The van der Waals surface area contributed by atoms with E-state index in [2.05, 4.69) is 73.1 Å². The summed E-state index contributed by atoms with van der Waals surface area (Å²) >= 11 is 0. The van der Waals surface area contributed by atoms with Gasteiger partial charge in [0.05, 0.1) is 28.8 Å². The lowest BCUT2D eigenvalue weighted by atomic mass is 9.82. The van der Waals surface area contributed by atoms with E-state index in [9.17, 15) is 4.79 Å². The molecule has 194 valence electrons. The molecular formula is C29H37N7O. The number of nitrogens with zero attached hydrogens (tertiary/aromatic N) is 6. The Bertz CT molecular complexity index is 1480. The predicted molar refractivity (Wildman–Crippen MR) is 143 cm³/mol. The first-order chi connectivity index (χ1) is 17.8. The average Bonchev–Trinajstić information content (AvgIpc) is 3.63. The summed E-state index contributed by atoms with van der Waals surface area (Å²) in [5.74, 6) is 0.169. The largest absolute Gasteiger partial charge is 0.331 e. The Balaban J connectivity index is 1.19. The highest BCUT2D eigenvalue weighted by atomic mass is 16.2. The second-order valence-corrected chi connectivity index (χ2v) is 11.1. The minimum absolute atomic E-state index is 0.00950. The van der Waals surface area contributed by atoms with Crippen LogP contribution in [0.25, 0.3) is 6.08 Å². The van der Waals surface area contributed by atoms with E-state index in [-0.39, 0.29) is 29.4 Å². The molecule has 1 fully saturated rings. The number of urea groups is 1. The van der Waals surface area contributed by atoms with Gasteiger partial charge in [-0.05, 0) is 64.8 Å². The summed E-state index contributed by atoms with van der Waals surface area (Å²) in [5.41, 5.74) is 5.59. The molecule has 6 rings (SSSR count). The van der Waals surface area contributed by atoms with Crippen molar-refractivity contribution in [2.45, 2.75) is 84.0 Å². The number of carbonyl (C=O) groups excluding carboxylic acids is 1. The number of amides is 2. The van der Waals surface area contributed by atoms with Crippen molar-refractivity contribution in [3.8, 4) is 0 Å². The number of aromatic nitrogens is 4. The van der Waals surface area contributed by atoms with Gasteiger partial charge in [0.25, 0.3) is 0 Å². The normalized spacial score (nSPS) is 24.9. The number of aryl methyl sites for hydroxylation is 3. The molecule has 8 nitrogen and oxygen atoms in total. The van der Waals surface area contributed by atoms with E-state index in [4.69, 9.17) is 10.1 Å². The second kappa shape index (κ2) is 8.85. The van der Waals surface area contributed by atoms with Crippen LogP contribution in [0.5, 0.6) is 0 Å². The molecule has 2 aromatic heterocycles. The monoisotopic (exact) mass is 499 g/mol. The van der Waals surface area contributed by atoms with Crippen molar-refractivity contribution in [3.63, 3.8) is 0 Å². The Kier molecular flexibility index (Phi) is 5.73. The topological polar surface area (TPSA) is 80.3 Å². The quantitative estimate of drug-likeness (QED) is 0.599. The second-order valence-electron chi connectivity index (χ2n) is 11.1. The molecule has 1 N–H and O–H groups in total. The number of rotatable bonds is 4. The third kappa shape index (κ3) is 3.88. The number of carbonyl (C=O) groups is 1. The highest BCUT2D eigenvalue weighted by molar-refractivity contribution is 5.75. The molecule has 2 amide bonds. The molecule has 3 aliphatic heterocycles. The van der Waals surface area contributed by atoms with Crippen molar-refractivity contribution in [1.82, 2.24) is 29.8 Å². The van der Waals surface area contributed by atoms with Crippen molar-refractivity contribution in [3.05, 3.63) is 69.2 Å². The SMILES string of the molecule is CCn1nc(C)c(C(C)NC(=O)N2CCC3(CCn4nc(C5C=c6ccccc6=NC5C)cc43)C2)c1C. The molecule has 0 radical (unpaired) electrons. The van der Waals surface area contributed by atoms with Crippen molar-refractivity contribution in [1.29, 1.82) is 0 Å². The molecule has 3 aromatic rings. The number of benzene rings is 1. The van der Waals surface area contributed by atoms with Crippen LogP contribution in [-0.2, 0) is 18.5 Å². The molecule has 0 saturated carbocycles. The number of para-hydroxylation sites is 1. The van der Waals surface area contributed by atoms with Gasteiger partial charge in [-0.2, -0.15) is 10.2 Å². The summed E-state index contributed by atoms with van der Waals surface area (Å²) in [4.78, 5) is 20.3. The fourth-order valence-electron chi connectivity index (χ4n) is 6.81. The maximum Gasteiger partial charge on any atom is 0.317 e. The lowest BCUT2D eigenvalue weighted by molar-refractivity contribution is 0.202. The summed E-state index contributed by atoms with van der Waals surface area (Å²) in [7, 11) is 0. The zero-order valence-electron chi connectivity index (χ0n) is 22.5. The van der Waals surface area contributed by atoms with Crippen molar-refractivity contribution in [2.75, 3.05) is 13.1 Å². The molecule has 4 atom stereocenters. The maximum atomic E-state index is 13.3. The fraction of sp³-hybridized carbons (Fsp3) is 0.517. The Morgan fingerprint density at radius 2 is 1.97 bits per heavy atom. The average molecular weight is 500 g/mol. The molecule has 5 heterocycles. The summed E-state index contributed by atoms with van der Waals surface area (Å²) in [6.45, 7) is 13.7. The number of hydrogen-bond acceptors (Lipinski definition) is 4. The van der Waals surface area contributed by atoms with Gasteiger partial charge >= 0.3 is 6.03 Å². The van der Waals surface area contributed by atoms with Crippen LogP contribution in [0.2, 0.25) is 0 Å². The van der Waals surface area contributed by atoms with Crippen LogP contribution in [-0.4, -0.2) is 49.6 Å². The minimum atomic E-state index is -0.0833. The lowest BCUT2D eigenvalue weighted by Gasteiger charge is -2.25. The maximum absolute atomic E-state index is 13.3. The molecule has 0 aliphatic carbocycles. The van der Waals surface area contributed by atoms with Crippen molar-refractivity contribution < 1.29 is 4.79 Å². The van der Waals surface area contributed by atoms with Gasteiger partial charge < -0.3 is 10.2 Å². The summed E-state index contributed by atoms with van der Waals surface area (Å²) < 4.78 is 4.19. The Morgan fingerprint density at radius 1 is 1.19 bits per heavy atom. The summed E-state index contributed by atoms with van der Waals surface area (Å²) in [6.07, 6.45) is 4.33. The molecule has 1 aromatic carbocycles. The van der Waals surface area contributed by atoms with Crippen LogP contribution in [0.1, 0.15) is 73.9 Å². The van der Waals surface area contributed by atoms with Gasteiger partial charge in [-0.15, -0.1) is 0 Å². The highest BCUT2D eigenvalue weighted by Crippen LogP contribution is 2.44.